The van der Waals surface area contributed by atoms with Crippen molar-refractivity contribution < 1.29 is 14.3 Å². The van der Waals surface area contributed by atoms with Gasteiger partial charge in [0.05, 0.1) is 5.69 Å². The maximum atomic E-state index is 12.6. The molecular weight excluding hydrogens is 268 g/mol. The average molecular weight is 288 g/mol. The van der Waals surface area contributed by atoms with Crippen molar-refractivity contribution in [2.75, 3.05) is 25.0 Å². The van der Waals surface area contributed by atoms with Crippen molar-refractivity contribution in [3.63, 3.8) is 0 Å². The second-order valence-electron chi connectivity index (χ2n) is 5.63. The lowest BCUT2D eigenvalue weighted by Crippen LogP contribution is -2.39. The Morgan fingerprint density at radius 1 is 1.38 bits per heavy atom. The van der Waals surface area contributed by atoms with Crippen LogP contribution in [0.15, 0.2) is 18.2 Å². The number of carbonyl (C=O) groups excluding carboxylic acids is 2. The van der Waals surface area contributed by atoms with Crippen LogP contribution in [0.5, 0.6) is 0 Å². The molecule has 2 atom stereocenters. The highest BCUT2D eigenvalue weighted by Gasteiger charge is 2.72. The summed E-state index contributed by atoms with van der Waals surface area (Å²) in [7, 11) is 1.73. The van der Waals surface area contributed by atoms with Crippen molar-refractivity contribution >= 4 is 17.5 Å². The number of rotatable bonds is 3. The molecule has 3 rings (SSSR count). The molecule has 1 aromatic carbocycles. The summed E-state index contributed by atoms with van der Waals surface area (Å²) < 4.78 is 5.69. The predicted octanol–water partition coefficient (Wildman–Crippen LogP) is 1.43. The number of anilines is 1. The molecule has 2 aliphatic heterocycles. The summed E-state index contributed by atoms with van der Waals surface area (Å²) in [4.78, 5) is 28.4. The lowest BCUT2D eigenvalue weighted by Gasteiger charge is -2.17. The van der Waals surface area contributed by atoms with Crippen LogP contribution < -0.4 is 4.90 Å². The van der Waals surface area contributed by atoms with Crippen LogP contribution >= 0.6 is 0 Å². The maximum absolute atomic E-state index is 12.6. The lowest BCUT2D eigenvalue weighted by molar-refractivity contribution is -0.132. The van der Waals surface area contributed by atoms with Crippen molar-refractivity contribution in [3.05, 3.63) is 29.3 Å². The van der Waals surface area contributed by atoms with Crippen LogP contribution in [0.4, 0.5) is 5.69 Å². The second kappa shape index (κ2) is 4.56. The number of nitrogens with zero attached hydrogens (tertiary/aromatic N) is 2. The molecule has 1 fully saturated rings. The molecule has 1 saturated heterocycles. The van der Waals surface area contributed by atoms with Crippen molar-refractivity contribution in [1.82, 2.24) is 4.90 Å². The van der Waals surface area contributed by atoms with Gasteiger partial charge in [0.15, 0.2) is 6.10 Å². The van der Waals surface area contributed by atoms with E-state index >= 15 is 0 Å². The molecule has 112 valence electrons. The normalized spacial score (nSPS) is 26.2. The summed E-state index contributed by atoms with van der Waals surface area (Å²) in [5, 5.41) is 0. The summed E-state index contributed by atoms with van der Waals surface area (Å²) in [6.45, 7) is 7.07. The van der Waals surface area contributed by atoms with E-state index in [4.69, 9.17) is 4.74 Å². The topological polar surface area (TPSA) is 53.2 Å². The zero-order valence-electron chi connectivity index (χ0n) is 12.8. The third kappa shape index (κ3) is 1.73. The molecule has 2 aliphatic rings. The smallest absolute Gasteiger partial charge is 0.267 e. The lowest BCUT2D eigenvalue weighted by atomic mass is 9.94. The predicted molar refractivity (Wildman–Crippen MR) is 79.1 cm³/mol. The minimum atomic E-state index is -1.09. The molecule has 5 nitrogen and oxygen atoms in total. The Balaban J connectivity index is 2.00. The first-order valence-electron chi connectivity index (χ1n) is 7.33. The molecule has 2 heterocycles. The molecule has 2 unspecified atom stereocenters. The Morgan fingerprint density at radius 2 is 2.05 bits per heavy atom. The number of fused-ring (bicyclic) bond motifs is 2. The minimum Gasteiger partial charge on any atom is -0.341 e. The van der Waals surface area contributed by atoms with Crippen LogP contribution in [0.25, 0.3) is 0 Å². The average Bonchev–Trinajstić information content (AvgIpc) is 3.19. The van der Waals surface area contributed by atoms with Crippen LogP contribution in [-0.4, -0.2) is 43.0 Å². The highest BCUT2D eigenvalue weighted by molar-refractivity contribution is 6.12. The number of hydrogen-bond donors (Lipinski definition) is 0. The van der Waals surface area contributed by atoms with Gasteiger partial charge in [-0.05, 0) is 26.8 Å². The first kappa shape index (κ1) is 14.1. The van der Waals surface area contributed by atoms with Crippen molar-refractivity contribution in [3.8, 4) is 0 Å². The number of aryl methyl sites for hydroxylation is 1. The maximum Gasteiger partial charge on any atom is 0.267 e. The van der Waals surface area contributed by atoms with E-state index in [1.54, 1.807) is 16.8 Å². The number of carbonyl (C=O) groups is 2. The summed E-state index contributed by atoms with van der Waals surface area (Å²) in [6.07, 6.45) is -0.685. The monoisotopic (exact) mass is 288 g/mol. The Morgan fingerprint density at radius 3 is 2.67 bits per heavy atom. The van der Waals surface area contributed by atoms with Gasteiger partial charge in [-0.2, -0.15) is 0 Å². The highest BCUT2D eigenvalue weighted by Crippen LogP contribution is 2.56. The van der Waals surface area contributed by atoms with Gasteiger partial charge in [-0.15, -0.1) is 0 Å². The number of epoxide rings is 1. The van der Waals surface area contributed by atoms with Crippen LogP contribution in [0.1, 0.15) is 25.0 Å². The summed E-state index contributed by atoms with van der Waals surface area (Å²) >= 11 is 0. The molecule has 0 radical (unpaired) electrons. The van der Waals surface area contributed by atoms with Crippen LogP contribution in [0.2, 0.25) is 0 Å². The first-order chi connectivity index (χ1) is 9.97. The van der Waals surface area contributed by atoms with Gasteiger partial charge in [0.2, 0.25) is 5.60 Å². The molecule has 2 amide bonds. The molecule has 0 bridgehead atoms. The van der Waals surface area contributed by atoms with Gasteiger partial charge < -0.3 is 14.5 Å². The van der Waals surface area contributed by atoms with E-state index < -0.39 is 11.7 Å². The SMILES string of the molecule is CCN(CC)C(=O)C1OC12C(=O)N(C)c1ccc(C)cc12. The van der Waals surface area contributed by atoms with Crippen molar-refractivity contribution in [2.45, 2.75) is 32.5 Å². The van der Waals surface area contributed by atoms with E-state index in [1.165, 1.54) is 0 Å². The Labute approximate surface area is 124 Å². The zero-order chi connectivity index (χ0) is 15.4. The summed E-state index contributed by atoms with van der Waals surface area (Å²) in [6, 6.07) is 5.83. The number of benzene rings is 1. The van der Waals surface area contributed by atoms with Gasteiger partial charge in [-0.25, -0.2) is 0 Å². The van der Waals surface area contributed by atoms with Crippen LogP contribution in [0.3, 0.4) is 0 Å². The standard InChI is InChI=1S/C16H20N2O3/c1-5-18(6-2)14(19)13-16(21-13)11-9-10(3)7-8-12(11)17(4)15(16)20/h7-9,13H,5-6H2,1-4H3. The third-order valence-electron chi connectivity index (χ3n) is 4.45. The van der Waals surface area contributed by atoms with Gasteiger partial charge in [0.1, 0.15) is 0 Å². The van der Waals surface area contributed by atoms with Gasteiger partial charge >= 0.3 is 0 Å². The largest absolute Gasteiger partial charge is 0.341 e. The third-order valence-corrected chi connectivity index (χ3v) is 4.45. The molecule has 0 N–H and O–H groups in total. The fourth-order valence-electron chi connectivity index (χ4n) is 3.16. The molecule has 1 aromatic rings. The molecule has 0 aromatic heterocycles. The minimum absolute atomic E-state index is 0.101. The number of hydrogen-bond acceptors (Lipinski definition) is 3. The van der Waals surface area contributed by atoms with E-state index in [2.05, 4.69) is 0 Å². The van der Waals surface area contributed by atoms with Gasteiger partial charge in [0, 0.05) is 25.7 Å². The summed E-state index contributed by atoms with van der Waals surface area (Å²) in [5.41, 5.74) is 1.62. The molecular formula is C16H20N2O3. The number of ether oxygens (including phenoxy) is 1. The molecule has 5 heteroatoms. The Kier molecular flexibility index (Phi) is 3.06. The molecule has 0 saturated carbocycles. The quantitative estimate of drug-likeness (QED) is 0.791. The molecule has 21 heavy (non-hydrogen) atoms. The second-order valence-corrected chi connectivity index (χ2v) is 5.63. The van der Waals surface area contributed by atoms with Crippen molar-refractivity contribution in [2.24, 2.45) is 0 Å². The highest BCUT2D eigenvalue weighted by atomic mass is 16.6. The van der Waals surface area contributed by atoms with Crippen LogP contribution in [0, 0.1) is 6.92 Å². The number of likely N-dealkylation sites (N-methyl/N-ethyl adjacent to an activating group) is 2. The van der Waals surface area contributed by atoms with E-state index in [1.807, 2.05) is 39.0 Å². The van der Waals surface area contributed by atoms with E-state index in [0.29, 0.717) is 13.1 Å². The molecule has 0 aliphatic carbocycles. The van der Waals surface area contributed by atoms with Gasteiger partial charge in [-0.1, -0.05) is 17.7 Å². The Bertz CT molecular complexity index is 624. The van der Waals surface area contributed by atoms with Gasteiger partial charge in [-0.3, -0.25) is 9.59 Å². The van der Waals surface area contributed by atoms with Crippen LogP contribution in [-0.2, 0) is 19.9 Å². The molecule has 1 spiro atoms. The Hall–Kier alpha value is -1.88. The van der Waals surface area contributed by atoms with E-state index in [9.17, 15) is 9.59 Å². The van der Waals surface area contributed by atoms with Gasteiger partial charge in [0.25, 0.3) is 11.8 Å². The van der Waals surface area contributed by atoms with Crippen molar-refractivity contribution in [1.29, 1.82) is 0 Å². The van der Waals surface area contributed by atoms with E-state index in [0.717, 1.165) is 16.8 Å². The summed E-state index contributed by atoms with van der Waals surface area (Å²) in [5.74, 6) is -0.246. The fourth-order valence-corrected chi connectivity index (χ4v) is 3.16. The number of amides is 2. The first-order valence-corrected chi connectivity index (χ1v) is 7.33. The van der Waals surface area contributed by atoms with E-state index in [-0.39, 0.29) is 11.8 Å². The zero-order valence-corrected chi connectivity index (χ0v) is 12.8. The fraction of sp³-hybridized carbons (Fsp3) is 0.500.